The van der Waals surface area contributed by atoms with Gasteiger partial charge in [0.15, 0.2) is 0 Å². The first-order valence-corrected chi connectivity index (χ1v) is 6.04. The molecule has 0 saturated carbocycles. The standard InChI is InChI=1S/C14H17N3O2/c1-11-15-8-13(14(17-11)18-2)9-16-19-10-12-6-4-3-5-7-12/h3-8,16H,9-10H2,1-2H3. The molecule has 1 heterocycles. The van der Waals surface area contributed by atoms with Crippen molar-refractivity contribution in [1.82, 2.24) is 15.4 Å². The van der Waals surface area contributed by atoms with Gasteiger partial charge in [-0.15, -0.1) is 0 Å². The molecule has 0 saturated heterocycles. The van der Waals surface area contributed by atoms with Crippen LogP contribution in [0.2, 0.25) is 0 Å². The van der Waals surface area contributed by atoms with E-state index in [-0.39, 0.29) is 0 Å². The molecule has 1 aromatic carbocycles. The number of hydrogen-bond acceptors (Lipinski definition) is 5. The Balaban J connectivity index is 1.83. The fraction of sp³-hybridized carbons (Fsp3) is 0.286. The number of hydrogen-bond donors (Lipinski definition) is 1. The summed E-state index contributed by atoms with van der Waals surface area (Å²) < 4.78 is 5.19. The lowest BCUT2D eigenvalue weighted by Crippen LogP contribution is -2.15. The molecule has 0 aliphatic heterocycles. The number of hydroxylamine groups is 1. The number of rotatable bonds is 6. The van der Waals surface area contributed by atoms with Gasteiger partial charge < -0.3 is 4.74 Å². The fourth-order valence-electron chi connectivity index (χ4n) is 1.61. The van der Waals surface area contributed by atoms with Crippen molar-refractivity contribution in [3.05, 3.63) is 53.5 Å². The molecule has 0 atom stereocenters. The summed E-state index contributed by atoms with van der Waals surface area (Å²) in [5.74, 6) is 1.26. The minimum Gasteiger partial charge on any atom is -0.481 e. The summed E-state index contributed by atoms with van der Waals surface area (Å²) in [6.07, 6.45) is 1.74. The van der Waals surface area contributed by atoms with Gasteiger partial charge in [-0.3, -0.25) is 4.84 Å². The minimum atomic E-state index is 0.496. The molecule has 0 spiro atoms. The van der Waals surface area contributed by atoms with Crippen molar-refractivity contribution in [2.24, 2.45) is 0 Å². The second kappa shape index (κ2) is 6.82. The molecule has 0 aliphatic rings. The summed E-state index contributed by atoms with van der Waals surface area (Å²) in [4.78, 5) is 13.7. The molecule has 0 amide bonds. The lowest BCUT2D eigenvalue weighted by Gasteiger charge is -2.09. The summed E-state index contributed by atoms with van der Waals surface area (Å²) in [5.41, 5.74) is 4.86. The number of nitrogens with zero attached hydrogens (tertiary/aromatic N) is 2. The first kappa shape index (κ1) is 13.5. The van der Waals surface area contributed by atoms with Crippen molar-refractivity contribution in [2.45, 2.75) is 20.1 Å². The Morgan fingerprint density at radius 1 is 1.21 bits per heavy atom. The topological polar surface area (TPSA) is 56.3 Å². The zero-order valence-electron chi connectivity index (χ0n) is 11.1. The van der Waals surface area contributed by atoms with Crippen LogP contribution >= 0.6 is 0 Å². The van der Waals surface area contributed by atoms with Crippen LogP contribution in [0, 0.1) is 6.92 Å². The van der Waals surface area contributed by atoms with E-state index in [1.165, 1.54) is 0 Å². The molecule has 0 fully saturated rings. The molecule has 0 bridgehead atoms. The van der Waals surface area contributed by atoms with Crippen LogP contribution in [-0.2, 0) is 18.0 Å². The van der Waals surface area contributed by atoms with Gasteiger partial charge in [-0.25, -0.2) is 4.98 Å². The van der Waals surface area contributed by atoms with Crippen LogP contribution in [0.5, 0.6) is 5.88 Å². The van der Waals surface area contributed by atoms with Gasteiger partial charge in [-0.1, -0.05) is 30.3 Å². The Hall–Kier alpha value is -1.98. The monoisotopic (exact) mass is 259 g/mol. The molecule has 1 aromatic heterocycles. The van der Waals surface area contributed by atoms with Gasteiger partial charge in [0.2, 0.25) is 5.88 Å². The van der Waals surface area contributed by atoms with Crippen molar-refractivity contribution < 1.29 is 9.57 Å². The van der Waals surface area contributed by atoms with E-state index in [1.54, 1.807) is 13.3 Å². The highest BCUT2D eigenvalue weighted by Crippen LogP contribution is 2.13. The van der Waals surface area contributed by atoms with E-state index in [9.17, 15) is 0 Å². The largest absolute Gasteiger partial charge is 0.481 e. The predicted octanol–water partition coefficient (Wildman–Crippen LogP) is 2.02. The minimum absolute atomic E-state index is 0.496. The highest BCUT2D eigenvalue weighted by Gasteiger charge is 2.05. The smallest absolute Gasteiger partial charge is 0.220 e. The number of aromatic nitrogens is 2. The van der Waals surface area contributed by atoms with E-state index < -0.39 is 0 Å². The molecular formula is C14H17N3O2. The first-order chi connectivity index (χ1) is 9.29. The van der Waals surface area contributed by atoms with Crippen LogP contribution in [0.4, 0.5) is 0 Å². The maximum Gasteiger partial charge on any atom is 0.220 e. The SMILES string of the molecule is COc1nc(C)ncc1CNOCc1ccccc1. The molecule has 5 heteroatoms. The Bertz CT molecular complexity index is 517. The Morgan fingerprint density at radius 3 is 2.74 bits per heavy atom. The molecule has 2 aromatic rings. The van der Waals surface area contributed by atoms with Crippen molar-refractivity contribution >= 4 is 0 Å². The third kappa shape index (κ3) is 4.01. The van der Waals surface area contributed by atoms with E-state index in [0.29, 0.717) is 24.9 Å². The van der Waals surface area contributed by atoms with E-state index in [1.807, 2.05) is 37.3 Å². The summed E-state index contributed by atoms with van der Waals surface area (Å²) in [7, 11) is 1.59. The Labute approximate surface area is 112 Å². The van der Waals surface area contributed by atoms with Gasteiger partial charge in [0.05, 0.1) is 20.3 Å². The van der Waals surface area contributed by atoms with Crippen molar-refractivity contribution in [3.8, 4) is 5.88 Å². The molecule has 1 N–H and O–H groups in total. The Morgan fingerprint density at radius 2 is 2.00 bits per heavy atom. The van der Waals surface area contributed by atoms with Crippen LogP contribution in [-0.4, -0.2) is 17.1 Å². The third-order valence-corrected chi connectivity index (χ3v) is 2.58. The normalized spacial score (nSPS) is 10.4. The van der Waals surface area contributed by atoms with Crippen molar-refractivity contribution in [2.75, 3.05) is 7.11 Å². The average molecular weight is 259 g/mol. The first-order valence-electron chi connectivity index (χ1n) is 6.04. The van der Waals surface area contributed by atoms with Crippen LogP contribution in [0.1, 0.15) is 17.0 Å². The molecular weight excluding hydrogens is 242 g/mol. The molecule has 0 unspecified atom stereocenters. The fourth-order valence-corrected chi connectivity index (χ4v) is 1.61. The number of benzene rings is 1. The second-order valence-corrected chi connectivity index (χ2v) is 4.05. The number of aryl methyl sites for hydroxylation is 1. The number of ether oxygens (including phenoxy) is 1. The quantitative estimate of drug-likeness (QED) is 0.635. The van der Waals surface area contributed by atoms with Crippen molar-refractivity contribution in [1.29, 1.82) is 0 Å². The molecule has 100 valence electrons. The van der Waals surface area contributed by atoms with Gasteiger partial charge in [-0.2, -0.15) is 10.5 Å². The average Bonchev–Trinajstić information content (AvgIpc) is 2.46. The summed E-state index contributed by atoms with van der Waals surface area (Å²) >= 11 is 0. The van der Waals surface area contributed by atoms with E-state index in [2.05, 4.69) is 15.4 Å². The maximum absolute atomic E-state index is 5.39. The lowest BCUT2D eigenvalue weighted by atomic mass is 10.2. The second-order valence-electron chi connectivity index (χ2n) is 4.05. The van der Waals surface area contributed by atoms with E-state index >= 15 is 0 Å². The summed E-state index contributed by atoms with van der Waals surface area (Å²) in [5, 5.41) is 0. The summed E-state index contributed by atoms with van der Waals surface area (Å²) in [6.45, 7) is 2.83. The molecule has 5 nitrogen and oxygen atoms in total. The van der Waals surface area contributed by atoms with Gasteiger partial charge in [0.25, 0.3) is 0 Å². The third-order valence-electron chi connectivity index (χ3n) is 2.58. The molecule has 0 aliphatic carbocycles. The molecule has 19 heavy (non-hydrogen) atoms. The maximum atomic E-state index is 5.39. The zero-order valence-corrected chi connectivity index (χ0v) is 11.1. The number of nitrogens with one attached hydrogen (secondary N) is 1. The van der Waals surface area contributed by atoms with Crippen LogP contribution in [0.25, 0.3) is 0 Å². The lowest BCUT2D eigenvalue weighted by molar-refractivity contribution is 0.0230. The molecule has 0 radical (unpaired) electrons. The van der Waals surface area contributed by atoms with Gasteiger partial charge in [-0.05, 0) is 12.5 Å². The molecule has 2 rings (SSSR count). The van der Waals surface area contributed by atoms with Crippen LogP contribution < -0.4 is 10.2 Å². The number of methoxy groups -OCH3 is 1. The Kier molecular flexibility index (Phi) is 4.83. The van der Waals surface area contributed by atoms with Crippen LogP contribution in [0.15, 0.2) is 36.5 Å². The van der Waals surface area contributed by atoms with E-state index in [0.717, 1.165) is 11.1 Å². The highest BCUT2D eigenvalue weighted by molar-refractivity contribution is 5.23. The van der Waals surface area contributed by atoms with E-state index in [4.69, 9.17) is 9.57 Å². The van der Waals surface area contributed by atoms with Crippen LogP contribution in [0.3, 0.4) is 0 Å². The highest BCUT2D eigenvalue weighted by atomic mass is 16.6. The zero-order chi connectivity index (χ0) is 13.5. The van der Waals surface area contributed by atoms with Crippen molar-refractivity contribution in [3.63, 3.8) is 0 Å². The van der Waals surface area contributed by atoms with Gasteiger partial charge >= 0.3 is 0 Å². The van der Waals surface area contributed by atoms with Gasteiger partial charge in [0, 0.05) is 11.8 Å². The van der Waals surface area contributed by atoms with Gasteiger partial charge in [0.1, 0.15) is 5.82 Å². The summed E-state index contributed by atoms with van der Waals surface area (Å²) in [6, 6.07) is 9.96. The predicted molar refractivity (Wildman–Crippen MR) is 71.4 cm³/mol.